The van der Waals surface area contributed by atoms with E-state index in [0.717, 1.165) is 28.3 Å². The SMILES string of the molecule is CC.CC(C)c1cc(COc2ccccc2)n(Cc2ccc(CNc3ccc(CCC(=O)O)c(F)c3)cc2)n1.CS(=O)(=O)O. The summed E-state index contributed by atoms with van der Waals surface area (Å²) in [5.41, 5.74) is 5.30. The van der Waals surface area contributed by atoms with Gasteiger partial charge in [0.15, 0.2) is 0 Å². The van der Waals surface area contributed by atoms with Gasteiger partial charge in [-0.25, -0.2) is 4.39 Å². The number of anilines is 1. The fraction of sp³-hybridized carbons (Fsp3) is 0.333. The van der Waals surface area contributed by atoms with Crippen molar-refractivity contribution >= 4 is 21.8 Å². The first kappa shape index (κ1) is 36.0. The van der Waals surface area contributed by atoms with Crippen LogP contribution in [0.15, 0.2) is 78.9 Å². The number of carboxylic acids is 1. The minimum Gasteiger partial charge on any atom is -0.487 e. The van der Waals surface area contributed by atoms with Crippen LogP contribution in [0.2, 0.25) is 0 Å². The first-order valence-corrected chi connectivity index (χ1v) is 16.2. The van der Waals surface area contributed by atoms with E-state index >= 15 is 0 Å². The van der Waals surface area contributed by atoms with Gasteiger partial charge in [-0.1, -0.05) is 76.2 Å². The van der Waals surface area contributed by atoms with E-state index in [1.165, 1.54) is 6.07 Å². The number of aryl methyl sites for hydroxylation is 1. The lowest BCUT2D eigenvalue weighted by Gasteiger charge is -2.11. The van der Waals surface area contributed by atoms with Crippen LogP contribution in [0.1, 0.15) is 68.1 Å². The van der Waals surface area contributed by atoms with Crippen LogP contribution >= 0.6 is 0 Å². The summed E-state index contributed by atoms with van der Waals surface area (Å²) < 4.78 is 48.1. The molecule has 0 saturated carbocycles. The van der Waals surface area contributed by atoms with Crippen molar-refractivity contribution in [3.63, 3.8) is 0 Å². The first-order chi connectivity index (χ1) is 20.9. The van der Waals surface area contributed by atoms with Crippen molar-refractivity contribution < 1.29 is 32.0 Å². The molecule has 0 radical (unpaired) electrons. The zero-order chi connectivity index (χ0) is 32.7. The minimum atomic E-state index is -3.67. The molecule has 0 amide bonds. The zero-order valence-corrected chi connectivity index (χ0v) is 26.6. The van der Waals surface area contributed by atoms with Crippen LogP contribution in [0.4, 0.5) is 10.1 Å². The highest BCUT2D eigenvalue weighted by Crippen LogP contribution is 2.20. The zero-order valence-electron chi connectivity index (χ0n) is 25.8. The Kier molecular flexibility index (Phi) is 14.5. The highest BCUT2D eigenvalue weighted by molar-refractivity contribution is 7.85. The van der Waals surface area contributed by atoms with Crippen LogP contribution in [0.3, 0.4) is 0 Å². The van der Waals surface area contributed by atoms with E-state index in [9.17, 15) is 17.6 Å². The first-order valence-electron chi connectivity index (χ1n) is 14.4. The molecule has 0 atom stereocenters. The second-order valence-electron chi connectivity index (χ2n) is 10.1. The molecule has 3 N–H and O–H groups in total. The Balaban J connectivity index is 0.000000876. The number of aromatic nitrogens is 2. The number of hydrogen-bond donors (Lipinski definition) is 3. The lowest BCUT2D eigenvalue weighted by molar-refractivity contribution is -0.136. The highest BCUT2D eigenvalue weighted by Gasteiger charge is 2.12. The Labute approximate surface area is 259 Å². The molecule has 0 fully saturated rings. The number of benzene rings is 3. The molecule has 4 aromatic rings. The van der Waals surface area contributed by atoms with Crippen molar-refractivity contribution in [2.24, 2.45) is 0 Å². The molecular weight excluding hydrogens is 585 g/mol. The van der Waals surface area contributed by atoms with Crippen molar-refractivity contribution in [3.05, 3.63) is 113 Å². The van der Waals surface area contributed by atoms with Crippen LogP contribution < -0.4 is 10.1 Å². The normalized spacial score (nSPS) is 10.7. The maximum Gasteiger partial charge on any atom is 0.303 e. The van der Waals surface area contributed by atoms with Crippen molar-refractivity contribution in [2.45, 2.75) is 66.2 Å². The summed E-state index contributed by atoms with van der Waals surface area (Å²) in [5, 5.41) is 16.8. The number of para-hydroxylation sites is 1. The third-order valence-electron chi connectivity index (χ3n) is 6.12. The molecule has 9 nitrogen and oxygen atoms in total. The molecule has 0 saturated heterocycles. The fourth-order valence-electron chi connectivity index (χ4n) is 3.93. The number of carbonyl (C=O) groups is 1. The van der Waals surface area contributed by atoms with Gasteiger partial charge < -0.3 is 15.2 Å². The predicted molar refractivity (Wildman–Crippen MR) is 171 cm³/mol. The van der Waals surface area contributed by atoms with Gasteiger partial charge in [0.1, 0.15) is 18.2 Å². The summed E-state index contributed by atoms with van der Waals surface area (Å²) in [7, 11) is -3.67. The highest BCUT2D eigenvalue weighted by atomic mass is 32.2. The second-order valence-corrected chi connectivity index (χ2v) is 11.5. The summed E-state index contributed by atoms with van der Waals surface area (Å²) in [4.78, 5) is 10.7. The number of aliphatic carboxylic acids is 1. The maximum absolute atomic E-state index is 14.3. The number of nitrogens with zero attached hydrogens (tertiary/aromatic N) is 2. The Morgan fingerprint density at radius 2 is 1.61 bits per heavy atom. The maximum atomic E-state index is 14.3. The fourth-order valence-corrected chi connectivity index (χ4v) is 3.93. The number of hydrogen-bond acceptors (Lipinski definition) is 6. The molecular formula is C33H42FN3O6S. The summed E-state index contributed by atoms with van der Waals surface area (Å²) in [6.45, 7) is 9.88. The van der Waals surface area contributed by atoms with Crippen LogP contribution in [0.5, 0.6) is 5.75 Å². The van der Waals surface area contributed by atoms with Gasteiger partial charge in [-0.15, -0.1) is 0 Å². The summed E-state index contributed by atoms with van der Waals surface area (Å²) in [6, 6.07) is 24.9. The molecule has 0 aliphatic carbocycles. The molecule has 3 aromatic carbocycles. The number of rotatable bonds is 12. The molecule has 4 rings (SSSR count). The van der Waals surface area contributed by atoms with Gasteiger partial charge >= 0.3 is 5.97 Å². The molecule has 44 heavy (non-hydrogen) atoms. The topological polar surface area (TPSA) is 131 Å². The molecule has 11 heteroatoms. The minimum absolute atomic E-state index is 0.0884. The number of halogens is 1. The van der Waals surface area contributed by atoms with Gasteiger partial charge in [0.25, 0.3) is 10.1 Å². The summed E-state index contributed by atoms with van der Waals surface area (Å²) >= 11 is 0. The smallest absolute Gasteiger partial charge is 0.303 e. The van der Waals surface area contributed by atoms with Crippen molar-refractivity contribution in [2.75, 3.05) is 11.6 Å². The monoisotopic (exact) mass is 627 g/mol. The molecule has 0 aliphatic heterocycles. The number of carboxylic acid groups (broad SMARTS) is 1. The molecule has 0 unspecified atom stereocenters. The Hall–Kier alpha value is -4.22. The van der Waals surface area contributed by atoms with E-state index in [2.05, 4.69) is 37.4 Å². The molecule has 238 valence electrons. The molecule has 1 heterocycles. The van der Waals surface area contributed by atoms with E-state index < -0.39 is 21.9 Å². The third kappa shape index (κ3) is 13.4. The molecule has 0 aliphatic rings. The van der Waals surface area contributed by atoms with Gasteiger partial charge in [-0.05, 0) is 59.4 Å². The number of nitrogens with one attached hydrogen (secondary N) is 1. The largest absolute Gasteiger partial charge is 0.487 e. The van der Waals surface area contributed by atoms with Gasteiger partial charge in [-0.2, -0.15) is 13.5 Å². The second kappa shape index (κ2) is 17.8. The van der Waals surface area contributed by atoms with E-state index in [-0.39, 0.29) is 12.8 Å². The summed E-state index contributed by atoms with van der Waals surface area (Å²) in [6.07, 6.45) is 0.805. The van der Waals surface area contributed by atoms with Crippen molar-refractivity contribution in [1.82, 2.24) is 9.78 Å². The Morgan fingerprint density at radius 1 is 1.00 bits per heavy atom. The van der Waals surface area contributed by atoms with Gasteiger partial charge in [0.05, 0.1) is 24.2 Å². The van der Waals surface area contributed by atoms with Crippen LogP contribution in [0.25, 0.3) is 0 Å². The Bertz CT molecular complexity index is 1550. The lowest BCUT2D eigenvalue weighted by Crippen LogP contribution is -2.09. The van der Waals surface area contributed by atoms with Crippen LogP contribution in [-0.2, 0) is 41.0 Å². The third-order valence-corrected chi connectivity index (χ3v) is 6.12. The van der Waals surface area contributed by atoms with Crippen molar-refractivity contribution in [1.29, 1.82) is 0 Å². The molecule has 1 aromatic heterocycles. The van der Waals surface area contributed by atoms with E-state index in [0.29, 0.717) is 43.1 Å². The Morgan fingerprint density at radius 3 is 2.18 bits per heavy atom. The van der Waals surface area contributed by atoms with Crippen LogP contribution in [0, 0.1) is 5.82 Å². The quantitative estimate of drug-likeness (QED) is 0.144. The molecule has 0 spiro atoms. The van der Waals surface area contributed by atoms with E-state index in [4.69, 9.17) is 19.5 Å². The predicted octanol–water partition coefficient (Wildman–Crippen LogP) is 6.93. The van der Waals surface area contributed by atoms with Crippen LogP contribution in [-0.4, -0.2) is 40.1 Å². The van der Waals surface area contributed by atoms with E-state index in [1.807, 2.05) is 61.0 Å². The lowest BCUT2D eigenvalue weighted by atomic mass is 10.1. The molecule has 0 bridgehead atoms. The van der Waals surface area contributed by atoms with E-state index in [1.54, 1.807) is 12.1 Å². The standard InChI is InChI=1S/C30H32FN3O3.C2H6.CH4O3S/c1-21(2)29-17-26(20-37-27-6-4-3-5-7-27)34(33-29)19-23-10-8-22(9-11-23)18-32-25-14-12-24(28(31)16-25)13-15-30(35)36;1-2;1-5(2,3)4/h3-12,14,16-17,21,32H,13,15,18-20H2,1-2H3,(H,35,36);1-2H3;1H3,(H,2,3,4). The van der Waals surface area contributed by atoms with Gasteiger partial charge in [0, 0.05) is 18.7 Å². The van der Waals surface area contributed by atoms with Gasteiger partial charge in [0.2, 0.25) is 0 Å². The average Bonchev–Trinajstić information content (AvgIpc) is 3.39. The number of ether oxygens (including phenoxy) is 1. The van der Waals surface area contributed by atoms with Gasteiger partial charge in [-0.3, -0.25) is 14.0 Å². The summed E-state index contributed by atoms with van der Waals surface area (Å²) in [5.74, 6) is -0.183. The van der Waals surface area contributed by atoms with Crippen molar-refractivity contribution in [3.8, 4) is 5.75 Å². The average molecular weight is 628 g/mol.